The molecule has 1 aliphatic rings. The Balaban J connectivity index is 1.77. The molecule has 0 radical (unpaired) electrons. The van der Waals surface area contributed by atoms with E-state index in [1.165, 1.54) is 29.2 Å². The van der Waals surface area contributed by atoms with Gasteiger partial charge in [-0.1, -0.05) is 11.6 Å². The summed E-state index contributed by atoms with van der Waals surface area (Å²) in [6, 6.07) is 4.88. The first-order valence-corrected chi connectivity index (χ1v) is 12.1. The molecule has 1 aliphatic heterocycles. The molecule has 2 heterocycles. The van der Waals surface area contributed by atoms with Crippen LogP contribution < -0.4 is 26.2 Å². The van der Waals surface area contributed by atoms with Crippen LogP contribution in [0.25, 0.3) is 0 Å². The van der Waals surface area contributed by atoms with Gasteiger partial charge in [0.15, 0.2) is 0 Å². The summed E-state index contributed by atoms with van der Waals surface area (Å²) in [5.41, 5.74) is -0.455. The van der Waals surface area contributed by atoms with Gasteiger partial charge in [0.1, 0.15) is 12.6 Å². The number of benzene rings is 1. The van der Waals surface area contributed by atoms with Gasteiger partial charge in [-0.15, -0.1) is 11.3 Å². The predicted octanol–water partition coefficient (Wildman–Crippen LogP) is 2.76. The molecule has 10 nitrogen and oxygen atoms in total. The van der Waals surface area contributed by atoms with Crippen LogP contribution in [0.5, 0.6) is 0 Å². The Kier molecular flexibility index (Phi) is 9.56. The minimum atomic E-state index is -2.96. The van der Waals surface area contributed by atoms with Crippen molar-refractivity contribution in [1.29, 1.82) is 0 Å². The number of thiophene rings is 1. The summed E-state index contributed by atoms with van der Waals surface area (Å²) in [6.07, 6.45) is -2.96. The maximum Gasteiger partial charge on any atom is 0.315 e. The highest BCUT2D eigenvalue weighted by Gasteiger charge is 2.26. The highest BCUT2D eigenvalue weighted by atomic mass is 35.5. The van der Waals surface area contributed by atoms with Crippen LogP contribution in [0.2, 0.25) is 4.34 Å². The molecule has 3 rings (SSSR count). The molecule has 0 bridgehead atoms. The summed E-state index contributed by atoms with van der Waals surface area (Å²) in [6.45, 7) is 1.95. The van der Waals surface area contributed by atoms with Gasteiger partial charge >= 0.3 is 6.03 Å². The van der Waals surface area contributed by atoms with Gasteiger partial charge in [0.25, 0.3) is 18.2 Å². The Morgan fingerprint density at radius 1 is 1.19 bits per heavy atom. The number of halogens is 3. The molecular weight excluding hydrogens is 520 g/mol. The van der Waals surface area contributed by atoms with Crippen molar-refractivity contribution in [1.82, 2.24) is 16.0 Å². The number of nitrogens with one attached hydrogen (secondary N) is 4. The number of morpholine rings is 1. The quantitative estimate of drug-likeness (QED) is 0.386. The van der Waals surface area contributed by atoms with E-state index in [0.717, 1.165) is 17.4 Å². The van der Waals surface area contributed by atoms with E-state index in [2.05, 4.69) is 21.3 Å². The monoisotopic (exact) mass is 543 g/mol. The fraction of sp³-hybridized carbons (Fsp3) is 0.364. The first-order valence-electron chi connectivity index (χ1n) is 10.9. The summed E-state index contributed by atoms with van der Waals surface area (Å²) >= 11 is 6.87. The fourth-order valence-corrected chi connectivity index (χ4v) is 4.28. The van der Waals surface area contributed by atoms with Crippen molar-refractivity contribution in [2.24, 2.45) is 0 Å². The average Bonchev–Trinajstić information content (AvgIpc) is 3.28. The zero-order chi connectivity index (χ0) is 26.2. The number of rotatable bonds is 9. The van der Waals surface area contributed by atoms with E-state index in [9.17, 15) is 28.0 Å². The lowest BCUT2D eigenvalue weighted by Crippen LogP contribution is -2.53. The molecule has 5 amide bonds. The Morgan fingerprint density at radius 2 is 1.97 bits per heavy atom. The van der Waals surface area contributed by atoms with E-state index in [-0.39, 0.29) is 50.1 Å². The van der Waals surface area contributed by atoms with Crippen molar-refractivity contribution < 1.29 is 32.7 Å². The first kappa shape index (κ1) is 27.3. The van der Waals surface area contributed by atoms with Crippen LogP contribution in [0.4, 0.5) is 25.0 Å². The van der Waals surface area contributed by atoms with Gasteiger partial charge in [0.05, 0.1) is 15.8 Å². The molecule has 0 saturated carbocycles. The molecule has 1 fully saturated rings. The molecule has 194 valence electrons. The van der Waals surface area contributed by atoms with Crippen LogP contribution in [0.15, 0.2) is 30.3 Å². The van der Waals surface area contributed by atoms with Crippen LogP contribution in [0, 0.1) is 0 Å². The first-order chi connectivity index (χ1) is 17.2. The van der Waals surface area contributed by atoms with Crippen LogP contribution in [-0.2, 0) is 14.3 Å². The predicted molar refractivity (Wildman–Crippen MR) is 131 cm³/mol. The summed E-state index contributed by atoms with van der Waals surface area (Å²) in [5, 5.41) is 9.80. The van der Waals surface area contributed by atoms with Gasteiger partial charge < -0.3 is 30.9 Å². The number of amides is 5. The van der Waals surface area contributed by atoms with Crippen molar-refractivity contribution in [2.45, 2.75) is 19.4 Å². The smallest absolute Gasteiger partial charge is 0.315 e. The lowest BCUT2D eigenvalue weighted by molar-refractivity contribution is -0.125. The van der Waals surface area contributed by atoms with E-state index in [4.69, 9.17) is 16.3 Å². The molecule has 0 spiro atoms. The zero-order valence-electron chi connectivity index (χ0n) is 19.1. The summed E-state index contributed by atoms with van der Waals surface area (Å²) in [7, 11) is 0. The van der Waals surface area contributed by atoms with E-state index in [1.54, 1.807) is 6.92 Å². The summed E-state index contributed by atoms with van der Waals surface area (Å²) in [5.74, 6) is -1.72. The largest absolute Gasteiger partial charge is 0.370 e. The maximum absolute atomic E-state index is 13.9. The molecule has 36 heavy (non-hydrogen) atoms. The second kappa shape index (κ2) is 12.6. The van der Waals surface area contributed by atoms with E-state index in [1.807, 2.05) is 0 Å². The van der Waals surface area contributed by atoms with Gasteiger partial charge in [-0.05, 0) is 37.3 Å². The lowest BCUT2D eigenvalue weighted by Gasteiger charge is -2.28. The van der Waals surface area contributed by atoms with Crippen LogP contribution in [0.3, 0.4) is 0 Å². The Hall–Kier alpha value is -3.29. The molecular formula is C22H24ClF2N5O5S. The van der Waals surface area contributed by atoms with E-state index >= 15 is 0 Å². The maximum atomic E-state index is 13.9. The highest BCUT2D eigenvalue weighted by Crippen LogP contribution is 2.32. The third kappa shape index (κ3) is 7.12. The number of anilines is 2. The Morgan fingerprint density at radius 3 is 2.61 bits per heavy atom. The SMILES string of the molecule is CCNC(=O)N[C@@H](CNC(=O)c1ccc(Cl)s1)C(=O)Nc1ccc(N2CCOCC2=O)cc1C(F)F. The molecule has 0 unspecified atom stereocenters. The van der Waals surface area contributed by atoms with Gasteiger partial charge in [-0.2, -0.15) is 0 Å². The normalized spacial score (nSPS) is 14.4. The van der Waals surface area contributed by atoms with Crippen molar-refractivity contribution in [2.75, 3.05) is 43.1 Å². The van der Waals surface area contributed by atoms with E-state index in [0.29, 0.717) is 9.21 Å². The van der Waals surface area contributed by atoms with Crippen molar-refractivity contribution >= 4 is 58.1 Å². The van der Waals surface area contributed by atoms with Crippen molar-refractivity contribution in [3.05, 3.63) is 45.1 Å². The Labute approximate surface area is 214 Å². The number of carbonyl (C=O) groups excluding carboxylic acids is 4. The van der Waals surface area contributed by atoms with Crippen LogP contribution in [-0.4, -0.2) is 62.6 Å². The number of ether oxygens (including phenoxy) is 1. The fourth-order valence-electron chi connectivity index (χ4n) is 3.32. The number of hydrogen-bond donors (Lipinski definition) is 4. The minimum Gasteiger partial charge on any atom is -0.370 e. The molecule has 0 aliphatic carbocycles. The van der Waals surface area contributed by atoms with Crippen LogP contribution >= 0.6 is 22.9 Å². The van der Waals surface area contributed by atoms with Gasteiger partial charge in [0.2, 0.25) is 5.91 Å². The minimum absolute atomic E-state index is 0.154. The van der Waals surface area contributed by atoms with Gasteiger partial charge in [-0.3, -0.25) is 14.4 Å². The third-order valence-electron chi connectivity index (χ3n) is 5.05. The van der Waals surface area contributed by atoms with Crippen LogP contribution in [0.1, 0.15) is 28.6 Å². The molecule has 1 aromatic carbocycles. The molecule has 14 heteroatoms. The molecule has 1 saturated heterocycles. The third-order valence-corrected chi connectivity index (χ3v) is 6.28. The van der Waals surface area contributed by atoms with Crippen molar-refractivity contribution in [3.8, 4) is 0 Å². The number of alkyl halides is 2. The number of urea groups is 1. The topological polar surface area (TPSA) is 129 Å². The van der Waals surface area contributed by atoms with E-state index < -0.39 is 35.9 Å². The zero-order valence-corrected chi connectivity index (χ0v) is 20.7. The Bertz CT molecular complexity index is 1130. The molecule has 4 N–H and O–H groups in total. The summed E-state index contributed by atoms with van der Waals surface area (Å²) < 4.78 is 33.2. The van der Waals surface area contributed by atoms with Gasteiger partial charge in [-0.25, -0.2) is 13.6 Å². The molecule has 1 aromatic heterocycles. The lowest BCUT2D eigenvalue weighted by atomic mass is 10.1. The summed E-state index contributed by atoms with van der Waals surface area (Å²) in [4.78, 5) is 51.1. The standard InChI is InChI=1S/C22H24ClF2N5O5S/c1-2-26-22(34)29-15(10-27-21(33)16-5-6-17(23)36-16)20(32)28-14-4-3-12(9-13(14)19(24)25)30-7-8-35-11-18(30)31/h3-6,9,15,19H,2,7-8,10-11H2,1H3,(H,27,33)(H,28,32)(H2,26,29,34)/t15-/m0/s1. The van der Waals surface area contributed by atoms with Gasteiger partial charge in [0, 0.05) is 36.6 Å². The number of nitrogens with zero attached hydrogens (tertiary/aromatic N) is 1. The highest BCUT2D eigenvalue weighted by molar-refractivity contribution is 7.18. The molecule has 2 aromatic rings. The second-order valence-corrected chi connectivity index (χ2v) is 9.24. The number of hydrogen-bond acceptors (Lipinski definition) is 6. The average molecular weight is 544 g/mol. The number of carbonyl (C=O) groups is 4. The van der Waals surface area contributed by atoms with Crippen molar-refractivity contribution in [3.63, 3.8) is 0 Å². The second-order valence-electron chi connectivity index (χ2n) is 7.53. The molecule has 1 atom stereocenters.